The normalized spacial score (nSPS) is 11.7. The number of methoxy groups -OCH3 is 2. The van der Waals surface area contributed by atoms with Crippen LogP contribution in [-0.4, -0.2) is 26.8 Å². The van der Waals surface area contributed by atoms with Gasteiger partial charge in [-0.15, -0.1) is 0 Å². The maximum absolute atomic E-state index is 11.9. The highest BCUT2D eigenvalue weighted by Crippen LogP contribution is 2.22. The largest absolute Gasteiger partial charge is 0.497 e. The first-order valence-electron chi connectivity index (χ1n) is 8.36. The van der Waals surface area contributed by atoms with Gasteiger partial charge in [0.1, 0.15) is 11.5 Å². The van der Waals surface area contributed by atoms with Gasteiger partial charge in [-0.25, -0.2) is 4.79 Å². The smallest absolute Gasteiger partial charge is 0.315 e. The molecule has 1 unspecified atom stereocenters. The second kappa shape index (κ2) is 10.8. The first kappa shape index (κ1) is 19.1. The molecule has 0 fully saturated rings. The lowest BCUT2D eigenvalue weighted by atomic mass is 9.99. The molecule has 0 saturated heterocycles. The van der Waals surface area contributed by atoms with Crippen LogP contribution in [0.25, 0.3) is 0 Å². The van der Waals surface area contributed by atoms with E-state index in [0.29, 0.717) is 24.0 Å². The number of rotatable bonds is 10. The minimum Gasteiger partial charge on any atom is -0.497 e. The highest BCUT2D eigenvalue weighted by molar-refractivity contribution is 5.73. The Morgan fingerprint density at radius 2 is 1.74 bits per heavy atom. The molecule has 0 heterocycles. The molecule has 1 atom stereocenters. The van der Waals surface area contributed by atoms with Gasteiger partial charge in [0.25, 0.3) is 0 Å². The minimum atomic E-state index is -0.137. The summed E-state index contributed by atoms with van der Waals surface area (Å²) in [6, 6.07) is 5.45. The van der Waals surface area contributed by atoms with Gasteiger partial charge >= 0.3 is 6.03 Å². The number of hydrogen-bond acceptors (Lipinski definition) is 3. The van der Waals surface area contributed by atoms with Gasteiger partial charge in [0.2, 0.25) is 0 Å². The molecule has 5 heteroatoms. The van der Waals surface area contributed by atoms with Gasteiger partial charge in [-0.1, -0.05) is 33.1 Å². The summed E-state index contributed by atoms with van der Waals surface area (Å²) in [7, 11) is 3.22. The lowest BCUT2D eigenvalue weighted by Gasteiger charge is -2.16. The second-order valence-electron chi connectivity index (χ2n) is 5.70. The molecule has 0 aliphatic carbocycles. The van der Waals surface area contributed by atoms with Crippen LogP contribution in [0.5, 0.6) is 11.5 Å². The quantitative estimate of drug-likeness (QED) is 0.690. The third kappa shape index (κ3) is 7.26. The molecular formula is C18H30N2O3. The van der Waals surface area contributed by atoms with Gasteiger partial charge in [0.15, 0.2) is 0 Å². The molecule has 23 heavy (non-hydrogen) atoms. The van der Waals surface area contributed by atoms with Gasteiger partial charge < -0.3 is 20.1 Å². The SMILES string of the molecule is CCCCC(CC)CNC(=O)NCc1cc(OC)cc(OC)c1. The Labute approximate surface area is 139 Å². The predicted molar refractivity (Wildman–Crippen MR) is 93.1 cm³/mol. The molecule has 5 nitrogen and oxygen atoms in total. The molecule has 0 radical (unpaired) electrons. The molecule has 2 amide bonds. The van der Waals surface area contributed by atoms with Crippen molar-refractivity contribution in [3.8, 4) is 11.5 Å². The van der Waals surface area contributed by atoms with E-state index in [2.05, 4.69) is 24.5 Å². The van der Waals surface area contributed by atoms with Crippen LogP contribution < -0.4 is 20.1 Å². The van der Waals surface area contributed by atoms with Crippen LogP contribution in [0.2, 0.25) is 0 Å². The number of ether oxygens (including phenoxy) is 2. The number of amides is 2. The monoisotopic (exact) mass is 322 g/mol. The summed E-state index contributed by atoms with van der Waals surface area (Å²) in [6.45, 7) is 5.52. The molecule has 2 N–H and O–H groups in total. The Morgan fingerprint density at radius 1 is 1.09 bits per heavy atom. The zero-order valence-corrected chi connectivity index (χ0v) is 14.8. The Hall–Kier alpha value is -1.91. The second-order valence-corrected chi connectivity index (χ2v) is 5.70. The Balaban J connectivity index is 2.43. The van der Waals surface area contributed by atoms with Crippen LogP contribution in [0.1, 0.15) is 45.1 Å². The van der Waals surface area contributed by atoms with Crippen molar-refractivity contribution < 1.29 is 14.3 Å². The third-order valence-corrected chi connectivity index (χ3v) is 3.96. The van der Waals surface area contributed by atoms with Crippen LogP contribution in [0, 0.1) is 5.92 Å². The molecule has 0 aromatic heterocycles. The summed E-state index contributed by atoms with van der Waals surface area (Å²) < 4.78 is 10.5. The van der Waals surface area contributed by atoms with E-state index in [9.17, 15) is 4.79 Å². The van der Waals surface area contributed by atoms with E-state index in [1.54, 1.807) is 14.2 Å². The average Bonchev–Trinajstić information content (AvgIpc) is 2.59. The van der Waals surface area contributed by atoms with Crippen LogP contribution in [0.4, 0.5) is 4.79 Å². The van der Waals surface area contributed by atoms with E-state index in [0.717, 1.165) is 18.5 Å². The average molecular weight is 322 g/mol. The number of urea groups is 1. The molecule has 0 aliphatic heterocycles. The van der Waals surface area contributed by atoms with E-state index in [4.69, 9.17) is 9.47 Å². The predicted octanol–water partition coefficient (Wildman–Crippen LogP) is 3.72. The number of nitrogens with one attached hydrogen (secondary N) is 2. The lowest BCUT2D eigenvalue weighted by Crippen LogP contribution is -2.37. The maximum atomic E-state index is 11.9. The van der Waals surface area contributed by atoms with Crippen molar-refractivity contribution in [1.29, 1.82) is 0 Å². The van der Waals surface area contributed by atoms with Crippen molar-refractivity contribution in [1.82, 2.24) is 10.6 Å². The van der Waals surface area contributed by atoms with Gasteiger partial charge in [0.05, 0.1) is 14.2 Å². The number of hydrogen-bond donors (Lipinski definition) is 2. The topological polar surface area (TPSA) is 59.6 Å². The van der Waals surface area contributed by atoms with E-state index >= 15 is 0 Å². The number of carbonyl (C=O) groups excluding carboxylic acids is 1. The minimum absolute atomic E-state index is 0.137. The molecule has 130 valence electrons. The van der Waals surface area contributed by atoms with E-state index in [1.807, 2.05) is 18.2 Å². The van der Waals surface area contributed by atoms with Crippen molar-refractivity contribution in [2.45, 2.75) is 46.1 Å². The van der Waals surface area contributed by atoms with Crippen LogP contribution in [0.15, 0.2) is 18.2 Å². The molecule has 0 aliphatic rings. The Kier molecular flexibility index (Phi) is 8.95. The third-order valence-electron chi connectivity index (χ3n) is 3.96. The summed E-state index contributed by atoms with van der Waals surface area (Å²) in [5.41, 5.74) is 0.939. The van der Waals surface area contributed by atoms with Gasteiger partial charge in [-0.2, -0.15) is 0 Å². The molecule has 0 saturated carbocycles. The summed E-state index contributed by atoms with van der Waals surface area (Å²) in [4.78, 5) is 11.9. The number of carbonyl (C=O) groups is 1. The van der Waals surface area contributed by atoms with Crippen LogP contribution >= 0.6 is 0 Å². The zero-order valence-electron chi connectivity index (χ0n) is 14.8. The number of benzene rings is 1. The van der Waals surface area contributed by atoms with E-state index in [-0.39, 0.29) is 6.03 Å². The van der Waals surface area contributed by atoms with Gasteiger partial charge in [-0.3, -0.25) is 0 Å². The van der Waals surface area contributed by atoms with Crippen molar-refractivity contribution >= 4 is 6.03 Å². The van der Waals surface area contributed by atoms with E-state index < -0.39 is 0 Å². The zero-order chi connectivity index (χ0) is 17.1. The first-order valence-corrected chi connectivity index (χ1v) is 8.36. The molecule has 1 rings (SSSR count). The fraction of sp³-hybridized carbons (Fsp3) is 0.611. The first-order chi connectivity index (χ1) is 11.1. The highest BCUT2D eigenvalue weighted by atomic mass is 16.5. The standard InChI is InChI=1S/C18H30N2O3/c1-5-7-8-14(6-2)12-19-18(21)20-13-15-9-16(22-3)11-17(10-15)23-4/h9-11,14H,5-8,12-13H2,1-4H3,(H2,19,20,21). The summed E-state index contributed by atoms with van der Waals surface area (Å²) in [5.74, 6) is 1.98. The Bertz CT molecular complexity index is 455. The molecule has 0 spiro atoms. The van der Waals surface area contributed by atoms with Crippen LogP contribution in [-0.2, 0) is 6.54 Å². The van der Waals surface area contributed by atoms with Crippen molar-refractivity contribution in [3.05, 3.63) is 23.8 Å². The van der Waals surface area contributed by atoms with Gasteiger partial charge in [0, 0.05) is 19.2 Å². The fourth-order valence-corrected chi connectivity index (χ4v) is 2.39. The maximum Gasteiger partial charge on any atom is 0.315 e. The Morgan fingerprint density at radius 3 is 2.26 bits per heavy atom. The lowest BCUT2D eigenvalue weighted by molar-refractivity contribution is 0.237. The molecule has 1 aromatic carbocycles. The highest BCUT2D eigenvalue weighted by Gasteiger charge is 2.08. The molecular weight excluding hydrogens is 292 g/mol. The van der Waals surface area contributed by atoms with Crippen LogP contribution in [0.3, 0.4) is 0 Å². The summed E-state index contributed by atoms with van der Waals surface area (Å²) >= 11 is 0. The summed E-state index contributed by atoms with van der Waals surface area (Å²) in [6.07, 6.45) is 4.67. The van der Waals surface area contributed by atoms with E-state index in [1.165, 1.54) is 19.3 Å². The van der Waals surface area contributed by atoms with Gasteiger partial charge in [-0.05, 0) is 30.0 Å². The summed E-state index contributed by atoms with van der Waals surface area (Å²) in [5, 5.41) is 5.83. The van der Waals surface area contributed by atoms with Crippen molar-refractivity contribution in [3.63, 3.8) is 0 Å². The fourth-order valence-electron chi connectivity index (χ4n) is 2.39. The van der Waals surface area contributed by atoms with Crippen molar-refractivity contribution in [2.24, 2.45) is 5.92 Å². The number of unbranched alkanes of at least 4 members (excludes halogenated alkanes) is 1. The molecule has 0 bridgehead atoms. The molecule has 1 aromatic rings. The van der Waals surface area contributed by atoms with Crippen molar-refractivity contribution in [2.75, 3.05) is 20.8 Å².